The number of thioether (sulfide) groups is 1. The summed E-state index contributed by atoms with van der Waals surface area (Å²) >= 11 is 1.71. The second kappa shape index (κ2) is 5.97. The molecule has 0 aliphatic rings. The van der Waals surface area contributed by atoms with Gasteiger partial charge >= 0.3 is 0 Å². The molecule has 0 saturated heterocycles. The molecule has 108 valence electrons. The van der Waals surface area contributed by atoms with Gasteiger partial charge in [0.15, 0.2) is 5.82 Å². The number of aryl methyl sites for hydroxylation is 1. The van der Waals surface area contributed by atoms with E-state index in [-0.39, 0.29) is 11.5 Å². The lowest BCUT2D eigenvalue weighted by Gasteiger charge is -2.23. The van der Waals surface area contributed by atoms with Crippen LogP contribution in [-0.2, 0) is 5.75 Å². The normalized spacial score (nSPS) is 13.4. The maximum absolute atomic E-state index is 6.11. The molecule has 0 amide bonds. The van der Waals surface area contributed by atoms with Gasteiger partial charge < -0.3 is 10.3 Å². The minimum atomic E-state index is -0.243. The number of benzene rings is 1. The summed E-state index contributed by atoms with van der Waals surface area (Å²) in [6.07, 6.45) is 0. The Morgan fingerprint density at radius 2 is 2.00 bits per heavy atom. The van der Waals surface area contributed by atoms with Crippen LogP contribution >= 0.6 is 11.8 Å². The van der Waals surface area contributed by atoms with E-state index in [9.17, 15) is 0 Å². The Bertz CT molecular complexity index is 574. The van der Waals surface area contributed by atoms with Gasteiger partial charge in [0, 0.05) is 4.90 Å². The zero-order chi connectivity index (χ0) is 14.8. The summed E-state index contributed by atoms with van der Waals surface area (Å²) in [6, 6.07) is 8.02. The minimum absolute atomic E-state index is 0.0903. The third-order valence-corrected chi connectivity index (χ3v) is 4.30. The van der Waals surface area contributed by atoms with Crippen LogP contribution < -0.4 is 5.73 Å². The molecule has 0 bridgehead atoms. The molecule has 0 spiro atoms. The topological polar surface area (TPSA) is 64.9 Å². The van der Waals surface area contributed by atoms with Crippen molar-refractivity contribution in [3.05, 3.63) is 41.5 Å². The van der Waals surface area contributed by atoms with E-state index in [0.717, 1.165) is 0 Å². The molecule has 0 radical (unpaired) electrons. The molecule has 5 heteroatoms. The van der Waals surface area contributed by atoms with E-state index in [1.165, 1.54) is 10.5 Å². The molecule has 0 aliphatic carbocycles. The molecule has 2 aromatic rings. The van der Waals surface area contributed by atoms with Crippen LogP contribution in [-0.4, -0.2) is 10.1 Å². The van der Waals surface area contributed by atoms with Gasteiger partial charge in [-0.15, -0.1) is 11.8 Å². The number of hydrogen-bond donors (Lipinski definition) is 1. The minimum Gasteiger partial charge on any atom is -0.338 e. The first-order valence-corrected chi connectivity index (χ1v) is 7.63. The van der Waals surface area contributed by atoms with Crippen molar-refractivity contribution >= 4 is 11.8 Å². The lowest BCUT2D eigenvalue weighted by molar-refractivity contribution is 0.252. The van der Waals surface area contributed by atoms with Crippen molar-refractivity contribution in [1.29, 1.82) is 0 Å². The summed E-state index contributed by atoms with van der Waals surface area (Å²) < 4.78 is 5.27. The fourth-order valence-electron chi connectivity index (χ4n) is 1.68. The second-order valence-electron chi connectivity index (χ2n) is 5.95. The van der Waals surface area contributed by atoms with Gasteiger partial charge in [-0.3, -0.25) is 0 Å². The average Bonchev–Trinajstić information content (AvgIpc) is 2.84. The first kappa shape index (κ1) is 15.1. The van der Waals surface area contributed by atoms with Gasteiger partial charge in [0.25, 0.3) is 0 Å². The van der Waals surface area contributed by atoms with Crippen molar-refractivity contribution in [3.8, 4) is 0 Å². The highest BCUT2D eigenvalue weighted by atomic mass is 32.2. The van der Waals surface area contributed by atoms with Crippen molar-refractivity contribution < 1.29 is 4.52 Å². The number of nitrogens with two attached hydrogens (primary N) is 1. The highest BCUT2D eigenvalue weighted by Crippen LogP contribution is 2.30. The van der Waals surface area contributed by atoms with Crippen LogP contribution in [0.5, 0.6) is 0 Å². The van der Waals surface area contributed by atoms with Crippen LogP contribution in [0.1, 0.15) is 44.1 Å². The third-order valence-electron chi connectivity index (χ3n) is 3.13. The largest absolute Gasteiger partial charge is 0.338 e. The number of nitrogens with zero attached hydrogens (tertiary/aromatic N) is 2. The van der Waals surface area contributed by atoms with Crippen molar-refractivity contribution in [2.75, 3.05) is 0 Å². The van der Waals surface area contributed by atoms with Crippen LogP contribution in [0.15, 0.2) is 33.7 Å². The van der Waals surface area contributed by atoms with Crippen molar-refractivity contribution in [2.24, 2.45) is 11.1 Å². The van der Waals surface area contributed by atoms with Crippen molar-refractivity contribution in [2.45, 2.75) is 44.4 Å². The molecule has 0 fully saturated rings. The maximum atomic E-state index is 6.11. The Hall–Kier alpha value is -1.33. The van der Waals surface area contributed by atoms with E-state index >= 15 is 0 Å². The molecule has 1 unspecified atom stereocenters. The van der Waals surface area contributed by atoms with Gasteiger partial charge in [-0.05, 0) is 24.0 Å². The lowest BCUT2D eigenvalue weighted by atomic mass is 9.87. The molecule has 1 atom stereocenters. The van der Waals surface area contributed by atoms with E-state index < -0.39 is 0 Å². The van der Waals surface area contributed by atoms with Crippen LogP contribution in [0.3, 0.4) is 0 Å². The lowest BCUT2D eigenvalue weighted by Crippen LogP contribution is -2.26. The number of hydrogen-bond acceptors (Lipinski definition) is 5. The average molecular weight is 291 g/mol. The fraction of sp³-hybridized carbons (Fsp3) is 0.467. The molecule has 1 aromatic heterocycles. The molecular formula is C15H21N3OS. The van der Waals surface area contributed by atoms with Crippen LogP contribution in [0.25, 0.3) is 0 Å². The van der Waals surface area contributed by atoms with E-state index in [1.807, 2.05) is 12.1 Å². The van der Waals surface area contributed by atoms with Gasteiger partial charge in [-0.1, -0.05) is 44.1 Å². The smallest absolute Gasteiger partial charge is 0.244 e. The van der Waals surface area contributed by atoms with Crippen LogP contribution in [0, 0.1) is 12.3 Å². The Morgan fingerprint density at radius 3 is 2.65 bits per heavy atom. The monoisotopic (exact) mass is 291 g/mol. The fourth-order valence-corrected chi connectivity index (χ4v) is 2.56. The Morgan fingerprint density at radius 1 is 1.30 bits per heavy atom. The Labute approximate surface area is 124 Å². The summed E-state index contributed by atoms with van der Waals surface area (Å²) in [5.41, 5.74) is 7.28. The predicted molar refractivity (Wildman–Crippen MR) is 81.4 cm³/mol. The van der Waals surface area contributed by atoms with E-state index in [2.05, 4.69) is 50.0 Å². The molecule has 0 aliphatic heterocycles. The maximum Gasteiger partial charge on any atom is 0.244 e. The summed E-state index contributed by atoms with van der Waals surface area (Å²) in [4.78, 5) is 5.63. The van der Waals surface area contributed by atoms with Crippen molar-refractivity contribution in [3.63, 3.8) is 0 Å². The first-order valence-electron chi connectivity index (χ1n) is 6.64. The molecule has 1 aromatic carbocycles. The quantitative estimate of drug-likeness (QED) is 0.870. The third kappa shape index (κ3) is 3.61. The SMILES string of the molecule is Cc1ccccc1SCc1noc(C(N)C(C)(C)C)n1. The zero-order valence-corrected chi connectivity index (χ0v) is 13.2. The Kier molecular flexibility index (Phi) is 4.50. The van der Waals surface area contributed by atoms with Gasteiger partial charge in [0.2, 0.25) is 5.89 Å². The molecule has 2 rings (SSSR count). The Balaban J connectivity index is 2.02. The molecule has 2 N–H and O–H groups in total. The molecular weight excluding hydrogens is 270 g/mol. The van der Waals surface area contributed by atoms with Crippen molar-refractivity contribution in [1.82, 2.24) is 10.1 Å². The number of rotatable bonds is 4. The molecule has 0 saturated carbocycles. The van der Waals surface area contributed by atoms with Gasteiger partial charge in [-0.2, -0.15) is 4.98 Å². The first-order chi connectivity index (χ1) is 9.38. The second-order valence-corrected chi connectivity index (χ2v) is 6.96. The van der Waals surface area contributed by atoms with Crippen LogP contribution in [0.4, 0.5) is 0 Å². The highest BCUT2D eigenvalue weighted by Gasteiger charge is 2.27. The van der Waals surface area contributed by atoms with Crippen LogP contribution in [0.2, 0.25) is 0 Å². The standard InChI is InChI=1S/C15H21N3OS/c1-10-7-5-6-8-11(10)20-9-12-17-14(19-18-12)13(16)15(2,3)4/h5-8,13H,9,16H2,1-4H3. The highest BCUT2D eigenvalue weighted by molar-refractivity contribution is 7.98. The van der Waals surface area contributed by atoms with Gasteiger partial charge in [0.1, 0.15) is 0 Å². The number of aromatic nitrogens is 2. The zero-order valence-electron chi connectivity index (χ0n) is 12.4. The summed E-state index contributed by atoms with van der Waals surface area (Å²) in [6.45, 7) is 8.27. The van der Waals surface area contributed by atoms with E-state index in [0.29, 0.717) is 17.5 Å². The van der Waals surface area contributed by atoms with E-state index in [4.69, 9.17) is 10.3 Å². The molecule has 4 nitrogen and oxygen atoms in total. The molecule has 20 heavy (non-hydrogen) atoms. The summed E-state index contributed by atoms with van der Waals surface area (Å²) in [5.74, 6) is 1.89. The van der Waals surface area contributed by atoms with Gasteiger partial charge in [-0.25, -0.2) is 0 Å². The molecule has 1 heterocycles. The van der Waals surface area contributed by atoms with Gasteiger partial charge in [0.05, 0.1) is 11.8 Å². The van der Waals surface area contributed by atoms with E-state index in [1.54, 1.807) is 11.8 Å². The summed E-state index contributed by atoms with van der Waals surface area (Å²) in [7, 11) is 0. The predicted octanol–water partition coefficient (Wildman–Crippen LogP) is 3.72. The summed E-state index contributed by atoms with van der Waals surface area (Å²) in [5, 5.41) is 4.01.